The molecule has 1 saturated heterocycles. The number of nitrogens with one attached hydrogen (secondary N) is 1. The molecule has 21 heavy (non-hydrogen) atoms. The van der Waals surface area contributed by atoms with Crippen molar-refractivity contribution in [2.75, 3.05) is 25.0 Å². The van der Waals surface area contributed by atoms with Crippen LogP contribution in [0.3, 0.4) is 0 Å². The molecule has 0 radical (unpaired) electrons. The molecule has 1 aromatic rings. The molecule has 0 bridgehead atoms. The second kappa shape index (κ2) is 6.78. The predicted octanol–water partition coefficient (Wildman–Crippen LogP) is 2.36. The van der Waals surface area contributed by atoms with Crippen LogP contribution in [-0.4, -0.2) is 47.8 Å². The van der Waals surface area contributed by atoms with Crippen LogP contribution < -0.4 is 5.32 Å². The van der Waals surface area contributed by atoms with Gasteiger partial charge in [-0.25, -0.2) is 4.79 Å². The Morgan fingerprint density at radius 2 is 2.29 bits per heavy atom. The standard InChI is InChI=1S/C14H17ClN2O4/c1-9-2-3-12(11(15)6-9)16-14(20)17-4-5-21-10(8-17)7-13(18)19/h2-3,6,10H,4-5,7-8H2,1H3,(H,16,20)(H,18,19). The van der Waals surface area contributed by atoms with E-state index in [1.54, 1.807) is 12.1 Å². The number of carboxylic acids is 1. The molecule has 0 spiro atoms. The number of urea groups is 1. The number of hydrogen-bond acceptors (Lipinski definition) is 3. The van der Waals surface area contributed by atoms with E-state index in [-0.39, 0.29) is 19.0 Å². The van der Waals surface area contributed by atoms with Crippen molar-refractivity contribution >= 4 is 29.3 Å². The summed E-state index contributed by atoms with van der Waals surface area (Å²) in [6.07, 6.45) is -0.592. The fourth-order valence-electron chi connectivity index (χ4n) is 2.14. The minimum atomic E-state index is -0.941. The number of anilines is 1. The molecule has 1 aromatic carbocycles. The number of carbonyl (C=O) groups excluding carboxylic acids is 1. The summed E-state index contributed by atoms with van der Waals surface area (Å²) in [5.74, 6) is -0.941. The van der Waals surface area contributed by atoms with Crippen molar-refractivity contribution in [2.45, 2.75) is 19.4 Å². The summed E-state index contributed by atoms with van der Waals surface area (Å²) in [6, 6.07) is 5.06. The number of hydrogen-bond donors (Lipinski definition) is 2. The average molecular weight is 313 g/mol. The van der Waals surface area contributed by atoms with E-state index in [1.807, 2.05) is 13.0 Å². The first-order chi connectivity index (χ1) is 9.95. The Balaban J connectivity index is 1.97. The van der Waals surface area contributed by atoms with E-state index >= 15 is 0 Å². The third-order valence-electron chi connectivity index (χ3n) is 3.19. The number of amides is 2. The van der Waals surface area contributed by atoms with Crippen molar-refractivity contribution in [1.29, 1.82) is 0 Å². The van der Waals surface area contributed by atoms with Crippen molar-refractivity contribution in [3.05, 3.63) is 28.8 Å². The number of nitrogens with zero attached hydrogens (tertiary/aromatic N) is 1. The Morgan fingerprint density at radius 3 is 2.95 bits per heavy atom. The molecule has 0 aromatic heterocycles. The minimum Gasteiger partial charge on any atom is -0.481 e. The van der Waals surface area contributed by atoms with Gasteiger partial charge in [0.1, 0.15) is 0 Å². The van der Waals surface area contributed by atoms with E-state index in [0.717, 1.165) is 5.56 Å². The van der Waals surface area contributed by atoms with Crippen LogP contribution in [0.4, 0.5) is 10.5 Å². The van der Waals surface area contributed by atoms with Gasteiger partial charge in [-0.05, 0) is 24.6 Å². The van der Waals surface area contributed by atoms with Crippen molar-refractivity contribution in [3.63, 3.8) is 0 Å². The van der Waals surface area contributed by atoms with Crippen molar-refractivity contribution < 1.29 is 19.4 Å². The molecule has 1 atom stereocenters. The Labute approximate surface area is 127 Å². The Bertz CT molecular complexity index is 550. The van der Waals surface area contributed by atoms with Gasteiger partial charge in [-0.2, -0.15) is 0 Å². The maximum atomic E-state index is 12.2. The Kier molecular flexibility index (Phi) is 5.03. The summed E-state index contributed by atoms with van der Waals surface area (Å²) in [7, 11) is 0. The van der Waals surface area contributed by atoms with Gasteiger partial charge >= 0.3 is 12.0 Å². The van der Waals surface area contributed by atoms with Gasteiger partial charge in [0, 0.05) is 13.1 Å². The smallest absolute Gasteiger partial charge is 0.322 e. The predicted molar refractivity (Wildman–Crippen MR) is 78.8 cm³/mol. The zero-order valence-electron chi connectivity index (χ0n) is 11.6. The van der Waals surface area contributed by atoms with Crippen LogP contribution in [0.1, 0.15) is 12.0 Å². The summed E-state index contributed by atoms with van der Waals surface area (Å²) in [5, 5.41) is 12.0. The van der Waals surface area contributed by atoms with Gasteiger partial charge in [0.25, 0.3) is 0 Å². The van der Waals surface area contributed by atoms with E-state index in [4.69, 9.17) is 21.4 Å². The van der Waals surface area contributed by atoms with E-state index in [2.05, 4.69) is 5.32 Å². The summed E-state index contributed by atoms with van der Waals surface area (Å²) < 4.78 is 5.33. The van der Waals surface area contributed by atoms with Crippen LogP contribution in [0, 0.1) is 6.92 Å². The molecule has 2 rings (SSSR count). The molecule has 1 heterocycles. The summed E-state index contributed by atoms with van der Waals surface area (Å²) in [5.41, 5.74) is 1.54. The number of carbonyl (C=O) groups is 2. The lowest BCUT2D eigenvalue weighted by Crippen LogP contribution is -2.47. The lowest BCUT2D eigenvalue weighted by molar-refractivity contribution is -0.141. The second-order valence-corrected chi connectivity index (χ2v) is 5.36. The third-order valence-corrected chi connectivity index (χ3v) is 3.51. The van der Waals surface area contributed by atoms with Crippen molar-refractivity contribution in [2.24, 2.45) is 0 Å². The van der Waals surface area contributed by atoms with Crippen LogP contribution in [0.25, 0.3) is 0 Å². The lowest BCUT2D eigenvalue weighted by atomic mass is 10.2. The molecule has 2 N–H and O–H groups in total. The molecule has 1 fully saturated rings. The molecule has 0 saturated carbocycles. The third kappa shape index (κ3) is 4.34. The Morgan fingerprint density at radius 1 is 1.52 bits per heavy atom. The van der Waals surface area contributed by atoms with Crippen molar-refractivity contribution in [3.8, 4) is 0 Å². The van der Waals surface area contributed by atoms with Gasteiger partial charge in [-0.1, -0.05) is 17.7 Å². The van der Waals surface area contributed by atoms with E-state index in [1.165, 1.54) is 4.90 Å². The largest absolute Gasteiger partial charge is 0.481 e. The van der Waals surface area contributed by atoms with Crippen LogP contribution >= 0.6 is 11.6 Å². The van der Waals surface area contributed by atoms with Gasteiger partial charge in [0.15, 0.2) is 0 Å². The summed E-state index contributed by atoms with van der Waals surface area (Å²) in [4.78, 5) is 24.4. The first-order valence-corrected chi connectivity index (χ1v) is 6.99. The highest BCUT2D eigenvalue weighted by molar-refractivity contribution is 6.33. The highest BCUT2D eigenvalue weighted by atomic mass is 35.5. The van der Waals surface area contributed by atoms with Crippen LogP contribution in [-0.2, 0) is 9.53 Å². The van der Waals surface area contributed by atoms with Crippen LogP contribution in [0.2, 0.25) is 5.02 Å². The fourth-order valence-corrected chi connectivity index (χ4v) is 2.42. The number of carboxylic acid groups (broad SMARTS) is 1. The zero-order chi connectivity index (χ0) is 15.4. The monoisotopic (exact) mass is 312 g/mol. The number of ether oxygens (including phenoxy) is 1. The number of aliphatic carboxylic acids is 1. The second-order valence-electron chi connectivity index (χ2n) is 4.95. The number of halogens is 1. The first kappa shape index (κ1) is 15.6. The number of morpholine rings is 1. The Hall–Kier alpha value is -1.79. The zero-order valence-corrected chi connectivity index (χ0v) is 12.4. The summed E-state index contributed by atoms with van der Waals surface area (Å²) in [6.45, 7) is 2.91. The number of benzene rings is 1. The number of aryl methyl sites for hydroxylation is 1. The molecular weight excluding hydrogens is 296 g/mol. The maximum Gasteiger partial charge on any atom is 0.322 e. The minimum absolute atomic E-state index is 0.116. The fraction of sp³-hybridized carbons (Fsp3) is 0.429. The molecule has 114 valence electrons. The van der Waals surface area contributed by atoms with Crippen molar-refractivity contribution in [1.82, 2.24) is 4.90 Å². The van der Waals surface area contributed by atoms with E-state index in [0.29, 0.717) is 23.9 Å². The van der Waals surface area contributed by atoms with Crippen LogP contribution in [0.5, 0.6) is 0 Å². The first-order valence-electron chi connectivity index (χ1n) is 6.61. The molecular formula is C14H17ClN2O4. The molecule has 2 amide bonds. The molecule has 7 heteroatoms. The molecule has 1 aliphatic heterocycles. The van der Waals surface area contributed by atoms with Gasteiger partial charge < -0.3 is 20.1 Å². The molecule has 1 aliphatic rings. The van der Waals surface area contributed by atoms with Gasteiger partial charge in [-0.3, -0.25) is 4.79 Å². The van der Waals surface area contributed by atoms with Crippen LogP contribution in [0.15, 0.2) is 18.2 Å². The topological polar surface area (TPSA) is 78.9 Å². The quantitative estimate of drug-likeness (QED) is 0.898. The molecule has 0 aliphatic carbocycles. The average Bonchev–Trinajstić information content (AvgIpc) is 2.41. The van der Waals surface area contributed by atoms with E-state index < -0.39 is 12.1 Å². The molecule has 6 nitrogen and oxygen atoms in total. The van der Waals surface area contributed by atoms with E-state index in [9.17, 15) is 9.59 Å². The maximum absolute atomic E-state index is 12.2. The SMILES string of the molecule is Cc1ccc(NC(=O)N2CCOC(CC(=O)O)C2)c(Cl)c1. The highest BCUT2D eigenvalue weighted by Crippen LogP contribution is 2.23. The lowest BCUT2D eigenvalue weighted by Gasteiger charge is -2.32. The summed E-state index contributed by atoms with van der Waals surface area (Å²) >= 11 is 6.07. The molecule has 1 unspecified atom stereocenters. The number of rotatable bonds is 3. The van der Waals surface area contributed by atoms with Gasteiger partial charge in [0.2, 0.25) is 0 Å². The van der Waals surface area contributed by atoms with Gasteiger partial charge in [0.05, 0.1) is 29.8 Å². The normalized spacial score (nSPS) is 18.4. The van der Waals surface area contributed by atoms with Gasteiger partial charge in [-0.15, -0.1) is 0 Å². The highest BCUT2D eigenvalue weighted by Gasteiger charge is 2.26.